The van der Waals surface area contributed by atoms with Gasteiger partial charge in [-0.3, -0.25) is 0 Å². The number of carbonyl (C=O) groups is 1. The Hall–Kier alpha value is -3.11. The molecule has 0 saturated heterocycles. The Morgan fingerprint density at radius 3 is 2.37 bits per heavy atom. The van der Waals surface area contributed by atoms with Gasteiger partial charge in [0.25, 0.3) is 0 Å². The number of nitrogens with zero attached hydrogens (tertiary/aromatic N) is 1. The molecule has 1 heterocycles. The summed E-state index contributed by atoms with van der Waals surface area (Å²) in [6, 6.07) is 29.0. The molecule has 0 radical (unpaired) electrons. The minimum absolute atomic E-state index is 0.0670. The standard InChI is InChI=1S/C26H29N3O/c1-29-19-21-11-8-9-16-24(21)26(20-29,22-12-4-2-5-13-22)17-10-18-27-25(30)28-23-14-6-3-7-15-23/h2-9,11-16H,10,17-20H2,1H3,(H2,27,28,30). The van der Waals surface area contributed by atoms with Gasteiger partial charge in [-0.2, -0.15) is 0 Å². The number of nitrogens with one attached hydrogen (secondary N) is 2. The average Bonchev–Trinajstić information content (AvgIpc) is 2.78. The summed E-state index contributed by atoms with van der Waals surface area (Å²) in [6.07, 6.45) is 1.88. The van der Waals surface area contributed by atoms with Crippen LogP contribution >= 0.6 is 0 Å². The Morgan fingerprint density at radius 2 is 1.60 bits per heavy atom. The first-order chi connectivity index (χ1) is 14.7. The topological polar surface area (TPSA) is 44.4 Å². The van der Waals surface area contributed by atoms with Crippen LogP contribution in [0.5, 0.6) is 0 Å². The van der Waals surface area contributed by atoms with Crippen LogP contribution in [0.15, 0.2) is 84.9 Å². The summed E-state index contributed by atoms with van der Waals surface area (Å²) in [5, 5.41) is 5.90. The number of anilines is 1. The van der Waals surface area contributed by atoms with Crippen molar-refractivity contribution in [1.29, 1.82) is 0 Å². The molecule has 4 rings (SSSR count). The van der Waals surface area contributed by atoms with Gasteiger partial charge in [-0.1, -0.05) is 72.8 Å². The van der Waals surface area contributed by atoms with E-state index in [0.717, 1.165) is 31.6 Å². The fourth-order valence-electron chi connectivity index (χ4n) is 4.67. The van der Waals surface area contributed by atoms with Crippen LogP contribution in [0, 0.1) is 0 Å². The first kappa shape index (κ1) is 20.2. The van der Waals surface area contributed by atoms with Gasteiger partial charge in [0.15, 0.2) is 0 Å². The Balaban J connectivity index is 1.48. The lowest BCUT2D eigenvalue weighted by atomic mass is 9.67. The maximum absolute atomic E-state index is 12.2. The summed E-state index contributed by atoms with van der Waals surface area (Å²) >= 11 is 0. The van der Waals surface area contributed by atoms with Gasteiger partial charge in [-0.05, 0) is 48.7 Å². The molecule has 1 atom stereocenters. The Kier molecular flexibility index (Phi) is 6.15. The number of carbonyl (C=O) groups excluding carboxylic acids is 1. The smallest absolute Gasteiger partial charge is 0.319 e. The summed E-state index contributed by atoms with van der Waals surface area (Å²) in [4.78, 5) is 14.6. The number of fused-ring (bicyclic) bond motifs is 1. The van der Waals surface area contributed by atoms with Crippen molar-refractivity contribution in [3.8, 4) is 0 Å². The molecule has 4 heteroatoms. The molecule has 3 aromatic carbocycles. The van der Waals surface area contributed by atoms with E-state index in [1.165, 1.54) is 16.7 Å². The van der Waals surface area contributed by atoms with Crippen molar-refractivity contribution >= 4 is 11.7 Å². The van der Waals surface area contributed by atoms with Gasteiger partial charge in [-0.25, -0.2) is 4.79 Å². The van der Waals surface area contributed by atoms with E-state index in [9.17, 15) is 4.79 Å². The highest BCUT2D eigenvalue weighted by atomic mass is 16.2. The quantitative estimate of drug-likeness (QED) is 0.572. The maximum atomic E-state index is 12.2. The molecule has 0 fully saturated rings. The molecule has 1 aliphatic heterocycles. The summed E-state index contributed by atoms with van der Waals surface area (Å²) < 4.78 is 0. The van der Waals surface area contributed by atoms with E-state index >= 15 is 0 Å². The average molecular weight is 400 g/mol. The van der Waals surface area contributed by atoms with Gasteiger partial charge in [0.1, 0.15) is 0 Å². The number of likely N-dealkylation sites (N-methyl/N-ethyl adjacent to an activating group) is 1. The molecule has 3 aromatic rings. The minimum atomic E-state index is -0.156. The normalized spacial score (nSPS) is 18.4. The van der Waals surface area contributed by atoms with Crippen LogP contribution in [0.1, 0.15) is 29.5 Å². The Bertz CT molecular complexity index is 974. The molecule has 0 aromatic heterocycles. The summed E-state index contributed by atoms with van der Waals surface area (Å²) in [6.45, 7) is 2.59. The maximum Gasteiger partial charge on any atom is 0.319 e. The molecule has 0 spiro atoms. The molecule has 4 nitrogen and oxygen atoms in total. The molecule has 2 amide bonds. The predicted octanol–water partition coefficient (Wildman–Crippen LogP) is 5.02. The molecular weight excluding hydrogens is 370 g/mol. The molecule has 154 valence electrons. The lowest BCUT2D eigenvalue weighted by Gasteiger charge is -2.44. The molecule has 0 saturated carbocycles. The van der Waals surface area contributed by atoms with Crippen molar-refractivity contribution in [2.24, 2.45) is 0 Å². The van der Waals surface area contributed by atoms with Gasteiger partial charge in [0, 0.05) is 30.7 Å². The molecular formula is C26H29N3O. The number of para-hydroxylation sites is 1. The van der Waals surface area contributed by atoms with Gasteiger partial charge in [-0.15, -0.1) is 0 Å². The summed E-state index contributed by atoms with van der Waals surface area (Å²) in [5.41, 5.74) is 4.90. The largest absolute Gasteiger partial charge is 0.338 e. The third-order valence-electron chi connectivity index (χ3n) is 5.94. The van der Waals surface area contributed by atoms with Crippen molar-refractivity contribution in [2.45, 2.75) is 24.8 Å². The lowest BCUT2D eigenvalue weighted by molar-refractivity contribution is 0.224. The Morgan fingerprint density at radius 1 is 0.933 bits per heavy atom. The highest BCUT2D eigenvalue weighted by Crippen LogP contribution is 2.42. The van der Waals surface area contributed by atoms with E-state index in [-0.39, 0.29) is 11.4 Å². The van der Waals surface area contributed by atoms with E-state index in [4.69, 9.17) is 0 Å². The van der Waals surface area contributed by atoms with Crippen LogP contribution in [-0.2, 0) is 12.0 Å². The van der Waals surface area contributed by atoms with Crippen molar-refractivity contribution < 1.29 is 4.79 Å². The second kappa shape index (κ2) is 9.14. The summed E-state index contributed by atoms with van der Waals surface area (Å²) in [5.74, 6) is 0. The van der Waals surface area contributed by atoms with E-state index in [1.807, 2.05) is 30.3 Å². The fraction of sp³-hybridized carbons (Fsp3) is 0.269. The van der Waals surface area contributed by atoms with Gasteiger partial charge < -0.3 is 15.5 Å². The summed E-state index contributed by atoms with van der Waals surface area (Å²) in [7, 11) is 2.19. The fourth-order valence-corrected chi connectivity index (χ4v) is 4.67. The number of rotatable bonds is 6. The van der Waals surface area contributed by atoms with Crippen LogP contribution < -0.4 is 10.6 Å². The predicted molar refractivity (Wildman–Crippen MR) is 123 cm³/mol. The molecule has 1 aliphatic rings. The molecule has 30 heavy (non-hydrogen) atoms. The van der Waals surface area contributed by atoms with Gasteiger partial charge in [0.2, 0.25) is 0 Å². The van der Waals surface area contributed by atoms with Crippen LogP contribution in [0.25, 0.3) is 0 Å². The zero-order valence-electron chi connectivity index (χ0n) is 17.5. The van der Waals surface area contributed by atoms with E-state index in [1.54, 1.807) is 0 Å². The number of benzene rings is 3. The third kappa shape index (κ3) is 4.39. The Labute approximate surface area is 178 Å². The van der Waals surface area contributed by atoms with Crippen LogP contribution in [0.3, 0.4) is 0 Å². The minimum Gasteiger partial charge on any atom is -0.338 e. The zero-order valence-corrected chi connectivity index (χ0v) is 17.5. The van der Waals surface area contributed by atoms with Crippen molar-refractivity contribution in [3.63, 3.8) is 0 Å². The number of urea groups is 1. The zero-order chi connectivity index (χ0) is 20.8. The van der Waals surface area contributed by atoms with Gasteiger partial charge >= 0.3 is 6.03 Å². The van der Waals surface area contributed by atoms with E-state index < -0.39 is 0 Å². The first-order valence-corrected chi connectivity index (χ1v) is 10.6. The number of amides is 2. The molecule has 2 N–H and O–H groups in total. The first-order valence-electron chi connectivity index (χ1n) is 10.6. The monoisotopic (exact) mass is 399 g/mol. The lowest BCUT2D eigenvalue weighted by Crippen LogP contribution is -2.45. The highest BCUT2D eigenvalue weighted by molar-refractivity contribution is 5.89. The third-order valence-corrected chi connectivity index (χ3v) is 5.94. The van der Waals surface area contributed by atoms with Crippen LogP contribution in [0.2, 0.25) is 0 Å². The number of hydrogen-bond donors (Lipinski definition) is 2. The molecule has 0 aliphatic carbocycles. The molecule has 1 unspecified atom stereocenters. The highest BCUT2D eigenvalue weighted by Gasteiger charge is 2.39. The van der Waals surface area contributed by atoms with Gasteiger partial charge in [0.05, 0.1) is 0 Å². The molecule has 0 bridgehead atoms. The second-order valence-corrected chi connectivity index (χ2v) is 8.13. The second-order valence-electron chi connectivity index (χ2n) is 8.13. The van der Waals surface area contributed by atoms with Crippen LogP contribution in [0.4, 0.5) is 10.5 Å². The van der Waals surface area contributed by atoms with Crippen molar-refractivity contribution in [2.75, 3.05) is 25.5 Å². The van der Waals surface area contributed by atoms with E-state index in [0.29, 0.717) is 6.54 Å². The SMILES string of the molecule is CN1Cc2ccccc2C(CCCNC(=O)Nc2ccccc2)(c2ccccc2)C1. The number of hydrogen-bond acceptors (Lipinski definition) is 2. The van der Waals surface area contributed by atoms with E-state index in [2.05, 4.69) is 77.2 Å². The van der Waals surface area contributed by atoms with Crippen LogP contribution in [-0.4, -0.2) is 31.1 Å². The van der Waals surface area contributed by atoms with Crippen molar-refractivity contribution in [1.82, 2.24) is 10.2 Å². The van der Waals surface area contributed by atoms with Crippen molar-refractivity contribution in [3.05, 3.63) is 102 Å².